The van der Waals surface area contributed by atoms with Crippen molar-refractivity contribution >= 4 is 17.5 Å². The van der Waals surface area contributed by atoms with Gasteiger partial charge < -0.3 is 4.90 Å². The first-order valence-electron chi connectivity index (χ1n) is 11.6. The number of pyridine rings is 1. The van der Waals surface area contributed by atoms with Crippen LogP contribution in [0.15, 0.2) is 67.3 Å². The molecule has 0 spiro atoms. The molecule has 162 valence electrons. The van der Waals surface area contributed by atoms with Crippen LogP contribution >= 0.6 is 0 Å². The fourth-order valence-electron chi connectivity index (χ4n) is 4.13. The molecule has 2 heteroatoms. The van der Waals surface area contributed by atoms with E-state index in [2.05, 4.69) is 87.4 Å². The molecule has 0 bridgehead atoms. The lowest BCUT2D eigenvalue weighted by Crippen LogP contribution is -2.26. The van der Waals surface area contributed by atoms with Crippen molar-refractivity contribution in [2.45, 2.75) is 52.9 Å². The molecule has 0 N–H and O–H groups in total. The Bertz CT molecular complexity index is 994. The minimum Gasteiger partial charge on any atom is -0.353 e. The first-order chi connectivity index (χ1) is 15.1. The van der Waals surface area contributed by atoms with Gasteiger partial charge in [-0.1, -0.05) is 75.9 Å². The van der Waals surface area contributed by atoms with Gasteiger partial charge in [0.2, 0.25) is 0 Å². The minimum absolute atomic E-state index is 0.843. The van der Waals surface area contributed by atoms with Crippen molar-refractivity contribution in [2.24, 2.45) is 0 Å². The van der Waals surface area contributed by atoms with Crippen molar-refractivity contribution in [3.05, 3.63) is 95.2 Å². The molecule has 2 aromatic rings. The van der Waals surface area contributed by atoms with Gasteiger partial charge in [-0.05, 0) is 78.1 Å². The van der Waals surface area contributed by atoms with Crippen molar-refractivity contribution in [1.82, 2.24) is 4.98 Å². The summed E-state index contributed by atoms with van der Waals surface area (Å²) in [6, 6.07) is 11.1. The molecule has 1 aromatic heterocycles. The van der Waals surface area contributed by atoms with Gasteiger partial charge in [-0.2, -0.15) is 0 Å². The SMILES string of the molecule is C=Cc1ccc(N2C/C=C\C=C(\c3ccc(CCCC)c(C)c3)C(=C)CC2)nc1CC. The molecule has 2 nitrogen and oxygen atoms in total. The third-order valence-corrected chi connectivity index (χ3v) is 6.12. The van der Waals surface area contributed by atoms with E-state index in [0.29, 0.717) is 0 Å². The van der Waals surface area contributed by atoms with E-state index < -0.39 is 0 Å². The highest BCUT2D eigenvalue weighted by Gasteiger charge is 2.14. The maximum atomic E-state index is 4.91. The van der Waals surface area contributed by atoms with E-state index in [-0.39, 0.29) is 0 Å². The zero-order chi connectivity index (χ0) is 22.2. The smallest absolute Gasteiger partial charge is 0.129 e. The van der Waals surface area contributed by atoms with Crippen LogP contribution in [0.25, 0.3) is 11.6 Å². The lowest BCUT2D eigenvalue weighted by Gasteiger charge is -2.24. The van der Waals surface area contributed by atoms with Crippen molar-refractivity contribution < 1.29 is 0 Å². The summed E-state index contributed by atoms with van der Waals surface area (Å²) >= 11 is 0. The lowest BCUT2D eigenvalue weighted by atomic mass is 9.92. The Morgan fingerprint density at radius 2 is 2.00 bits per heavy atom. The Morgan fingerprint density at radius 1 is 1.16 bits per heavy atom. The second-order valence-electron chi connectivity index (χ2n) is 8.32. The highest BCUT2D eigenvalue weighted by atomic mass is 15.2. The molecular weight excluding hydrogens is 376 g/mol. The predicted octanol–water partition coefficient (Wildman–Crippen LogP) is 7.34. The van der Waals surface area contributed by atoms with Gasteiger partial charge in [-0.3, -0.25) is 0 Å². The number of nitrogens with zero attached hydrogens (tertiary/aromatic N) is 2. The molecular formula is C29H36N2. The van der Waals surface area contributed by atoms with Gasteiger partial charge in [0.25, 0.3) is 0 Å². The number of allylic oxidation sites excluding steroid dienone is 3. The van der Waals surface area contributed by atoms with Gasteiger partial charge in [0.1, 0.15) is 5.82 Å². The molecule has 1 aliphatic rings. The molecule has 0 saturated heterocycles. The zero-order valence-electron chi connectivity index (χ0n) is 19.5. The van der Waals surface area contributed by atoms with Crippen LogP contribution in [0.3, 0.4) is 0 Å². The molecule has 1 aliphatic heterocycles. The van der Waals surface area contributed by atoms with E-state index in [9.17, 15) is 0 Å². The maximum Gasteiger partial charge on any atom is 0.129 e. The van der Waals surface area contributed by atoms with Gasteiger partial charge in [0.05, 0.1) is 0 Å². The predicted molar refractivity (Wildman–Crippen MR) is 137 cm³/mol. The molecule has 1 aromatic carbocycles. The van der Waals surface area contributed by atoms with E-state index in [1.165, 1.54) is 40.7 Å². The number of benzene rings is 1. The minimum atomic E-state index is 0.843. The van der Waals surface area contributed by atoms with Gasteiger partial charge in [0.15, 0.2) is 0 Å². The van der Waals surface area contributed by atoms with E-state index in [4.69, 9.17) is 4.98 Å². The Balaban J connectivity index is 1.79. The molecule has 0 amide bonds. The average molecular weight is 413 g/mol. The monoisotopic (exact) mass is 412 g/mol. The second-order valence-corrected chi connectivity index (χ2v) is 8.32. The highest BCUT2D eigenvalue weighted by molar-refractivity contribution is 5.80. The van der Waals surface area contributed by atoms with Crippen molar-refractivity contribution in [1.29, 1.82) is 0 Å². The van der Waals surface area contributed by atoms with E-state index in [1.54, 1.807) is 0 Å². The summed E-state index contributed by atoms with van der Waals surface area (Å²) < 4.78 is 0. The summed E-state index contributed by atoms with van der Waals surface area (Å²) in [7, 11) is 0. The van der Waals surface area contributed by atoms with E-state index in [1.807, 2.05) is 6.08 Å². The molecule has 0 aliphatic carbocycles. The number of hydrogen-bond acceptors (Lipinski definition) is 2. The van der Waals surface area contributed by atoms with Gasteiger partial charge in [0, 0.05) is 18.8 Å². The Hall–Kier alpha value is -2.87. The van der Waals surface area contributed by atoms with E-state index >= 15 is 0 Å². The third-order valence-electron chi connectivity index (χ3n) is 6.12. The Labute approximate surface area is 188 Å². The number of anilines is 1. The summed E-state index contributed by atoms with van der Waals surface area (Å²) in [6.07, 6.45) is 14.0. The lowest BCUT2D eigenvalue weighted by molar-refractivity contribution is 0.791. The molecule has 2 heterocycles. The number of unbranched alkanes of at least 4 members (excludes halogenated alkanes) is 1. The molecule has 0 unspecified atom stereocenters. The van der Waals surface area contributed by atoms with Gasteiger partial charge >= 0.3 is 0 Å². The topological polar surface area (TPSA) is 16.1 Å². The average Bonchev–Trinajstić information content (AvgIpc) is 2.88. The number of aromatic nitrogens is 1. The normalized spacial score (nSPS) is 17.3. The van der Waals surface area contributed by atoms with Crippen LogP contribution in [0.2, 0.25) is 0 Å². The van der Waals surface area contributed by atoms with E-state index in [0.717, 1.165) is 49.4 Å². The van der Waals surface area contributed by atoms with Crippen LogP contribution in [0.5, 0.6) is 0 Å². The highest BCUT2D eigenvalue weighted by Crippen LogP contribution is 2.28. The zero-order valence-corrected chi connectivity index (χ0v) is 19.5. The Kier molecular flexibility index (Phi) is 8.06. The van der Waals surface area contributed by atoms with Crippen molar-refractivity contribution in [3.8, 4) is 0 Å². The summed E-state index contributed by atoms with van der Waals surface area (Å²) in [5.74, 6) is 1.03. The molecule has 0 atom stereocenters. The summed E-state index contributed by atoms with van der Waals surface area (Å²) in [5, 5.41) is 0. The Morgan fingerprint density at radius 3 is 2.71 bits per heavy atom. The third kappa shape index (κ3) is 5.64. The first kappa shape index (κ1) is 22.8. The molecule has 0 fully saturated rings. The van der Waals surface area contributed by atoms with Crippen LogP contribution in [-0.4, -0.2) is 18.1 Å². The standard InChI is InChI=1S/C29H36N2/c1-6-9-12-25-14-15-26(21-23(25)5)27-13-10-11-19-31(20-18-22(27)4)29-17-16-24(7-2)28(8-3)30-29/h7,10-11,13-17,21H,2,4,6,8-9,12,18-20H2,1,3,5H3/b11-10-,27-13+. The number of aryl methyl sites for hydroxylation is 3. The molecule has 3 rings (SSSR count). The summed E-state index contributed by atoms with van der Waals surface area (Å²) in [4.78, 5) is 7.25. The van der Waals surface area contributed by atoms with Gasteiger partial charge in [-0.25, -0.2) is 4.98 Å². The van der Waals surface area contributed by atoms with Crippen molar-refractivity contribution in [3.63, 3.8) is 0 Å². The quantitative estimate of drug-likeness (QED) is 0.473. The molecule has 0 radical (unpaired) electrons. The number of rotatable bonds is 7. The molecule has 31 heavy (non-hydrogen) atoms. The van der Waals surface area contributed by atoms with Crippen molar-refractivity contribution in [2.75, 3.05) is 18.0 Å². The van der Waals surface area contributed by atoms with Crippen LogP contribution in [0.1, 0.15) is 61.1 Å². The fraction of sp³-hybridized carbons (Fsp3) is 0.345. The van der Waals surface area contributed by atoms with Crippen LogP contribution in [-0.2, 0) is 12.8 Å². The fourth-order valence-corrected chi connectivity index (χ4v) is 4.13. The first-order valence-corrected chi connectivity index (χ1v) is 11.6. The summed E-state index contributed by atoms with van der Waals surface area (Å²) in [6.45, 7) is 16.7. The van der Waals surface area contributed by atoms with Gasteiger partial charge in [-0.15, -0.1) is 0 Å². The largest absolute Gasteiger partial charge is 0.353 e. The maximum absolute atomic E-state index is 4.91. The van der Waals surface area contributed by atoms with Crippen LogP contribution in [0, 0.1) is 6.92 Å². The summed E-state index contributed by atoms with van der Waals surface area (Å²) in [5.41, 5.74) is 8.75. The molecule has 0 saturated carbocycles. The van der Waals surface area contributed by atoms with Crippen LogP contribution < -0.4 is 4.90 Å². The number of hydrogen-bond donors (Lipinski definition) is 0. The second kappa shape index (κ2) is 10.9. The van der Waals surface area contributed by atoms with Crippen LogP contribution in [0.4, 0.5) is 5.82 Å².